The summed E-state index contributed by atoms with van der Waals surface area (Å²) in [4.78, 5) is 6.74. The molecule has 1 aromatic heterocycles. The van der Waals surface area contributed by atoms with Gasteiger partial charge >= 0.3 is 0 Å². The fourth-order valence-corrected chi connectivity index (χ4v) is 1.17. The van der Waals surface area contributed by atoms with Crippen LogP contribution in [0.25, 0.3) is 0 Å². The highest BCUT2D eigenvalue weighted by atomic mass is 16.5. The molecule has 0 aliphatic carbocycles. The zero-order valence-electron chi connectivity index (χ0n) is 5.70. The van der Waals surface area contributed by atoms with E-state index in [1.165, 1.54) is 0 Å². The summed E-state index contributed by atoms with van der Waals surface area (Å²) in [5, 5.41) is 18.6. The molecule has 5 nitrogen and oxygen atoms in total. The molecule has 0 radical (unpaired) electrons. The van der Waals surface area contributed by atoms with Crippen LogP contribution in [0.5, 0.6) is 0 Å². The Labute approximate surface area is 62.8 Å². The van der Waals surface area contributed by atoms with Gasteiger partial charge in [0.15, 0.2) is 0 Å². The number of imidazole rings is 1. The number of nitrogens with one attached hydrogen (secondary N) is 1. The van der Waals surface area contributed by atoms with Gasteiger partial charge in [0.1, 0.15) is 6.07 Å². The van der Waals surface area contributed by atoms with Crippen LogP contribution in [0.4, 0.5) is 0 Å². The highest BCUT2D eigenvalue weighted by molar-refractivity contribution is 5.23. The van der Waals surface area contributed by atoms with Crippen molar-refractivity contribution in [2.24, 2.45) is 0 Å². The van der Waals surface area contributed by atoms with Gasteiger partial charge in [0, 0.05) is 0 Å². The number of hydroxylamine groups is 2. The number of hydrogen-bond acceptors (Lipinski definition) is 4. The summed E-state index contributed by atoms with van der Waals surface area (Å²) in [7, 11) is 0. The van der Waals surface area contributed by atoms with Crippen molar-refractivity contribution >= 4 is 0 Å². The van der Waals surface area contributed by atoms with Crippen LogP contribution in [0.3, 0.4) is 0 Å². The van der Waals surface area contributed by atoms with Crippen LogP contribution in [0.15, 0.2) is 0 Å². The second-order valence-corrected chi connectivity index (χ2v) is 2.45. The van der Waals surface area contributed by atoms with Gasteiger partial charge in [0.2, 0.25) is 5.82 Å². The van der Waals surface area contributed by atoms with Crippen molar-refractivity contribution in [1.29, 1.82) is 5.26 Å². The SMILES string of the molecule is N#Cc1nc2c([nH]1)CN(O)C2. The maximum Gasteiger partial charge on any atom is 0.210 e. The van der Waals surface area contributed by atoms with Crippen LogP contribution >= 0.6 is 0 Å². The minimum absolute atomic E-state index is 0.322. The summed E-state index contributed by atoms with van der Waals surface area (Å²) >= 11 is 0. The summed E-state index contributed by atoms with van der Waals surface area (Å²) in [6.07, 6.45) is 0. The predicted molar refractivity (Wildman–Crippen MR) is 34.3 cm³/mol. The Morgan fingerprint density at radius 1 is 1.64 bits per heavy atom. The van der Waals surface area contributed by atoms with E-state index in [1.54, 1.807) is 0 Å². The number of nitriles is 1. The van der Waals surface area contributed by atoms with Gasteiger partial charge < -0.3 is 10.2 Å². The number of rotatable bonds is 0. The summed E-state index contributed by atoms with van der Waals surface area (Å²) in [5.41, 5.74) is 1.60. The molecule has 0 amide bonds. The zero-order valence-corrected chi connectivity index (χ0v) is 5.70. The largest absolute Gasteiger partial charge is 0.332 e. The molecule has 2 rings (SSSR count). The molecule has 11 heavy (non-hydrogen) atoms. The van der Waals surface area contributed by atoms with E-state index in [2.05, 4.69) is 9.97 Å². The molecule has 0 saturated heterocycles. The summed E-state index contributed by atoms with van der Waals surface area (Å²) in [6, 6.07) is 1.90. The van der Waals surface area contributed by atoms with Crippen LogP contribution in [0, 0.1) is 11.3 Å². The molecule has 1 aromatic rings. The van der Waals surface area contributed by atoms with E-state index in [0.29, 0.717) is 18.9 Å². The van der Waals surface area contributed by atoms with Gasteiger partial charge in [-0.1, -0.05) is 0 Å². The normalized spacial score (nSPS) is 16.4. The Morgan fingerprint density at radius 3 is 3.09 bits per heavy atom. The molecule has 1 aliphatic heterocycles. The first-order chi connectivity index (χ1) is 5.29. The van der Waals surface area contributed by atoms with E-state index in [1.807, 2.05) is 6.07 Å². The monoisotopic (exact) mass is 150 g/mol. The van der Waals surface area contributed by atoms with Crippen LogP contribution < -0.4 is 0 Å². The van der Waals surface area contributed by atoms with E-state index in [4.69, 9.17) is 10.5 Å². The van der Waals surface area contributed by atoms with E-state index in [0.717, 1.165) is 16.5 Å². The zero-order chi connectivity index (χ0) is 7.84. The Hall–Kier alpha value is -1.38. The van der Waals surface area contributed by atoms with Crippen molar-refractivity contribution < 1.29 is 5.21 Å². The fraction of sp³-hybridized carbons (Fsp3) is 0.333. The number of aromatic amines is 1. The van der Waals surface area contributed by atoms with Crippen molar-refractivity contribution in [1.82, 2.24) is 15.0 Å². The fourth-order valence-electron chi connectivity index (χ4n) is 1.17. The van der Waals surface area contributed by atoms with E-state index in [9.17, 15) is 0 Å². The van der Waals surface area contributed by atoms with E-state index < -0.39 is 0 Å². The quantitative estimate of drug-likeness (QED) is 0.545. The third-order valence-electron chi connectivity index (χ3n) is 1.64. The molecule has 0 saturated carbocycles. The first-order valence-electron chi connectivity index (χ1n) is 3.21. The molecule has 0 fully saturated rings. The molecular formula is C6H6N4O. The standard InChI is InChI=1S/C6H6N4O/c7-1-6-8-4-2-10(11)3-5(4)9-6/h11H,2-3H2,(H,8,9). The number of aromatic nitrogens is 2. The molecule has 2 N–H and O–H groups in total. The Morgan fingerprint density at radius 2 is 2.45 bits per heavy atom. The minimum Gasteiger partial charge on any atom is -0.332 e. The summed E-state index contributed by atoms with van der Waals surface area (Å²) in [6.45, 7) is 0.845. The lowest BCUT2D eigenvalue weighted by Crippen LogP contribution is -2.10. The Bertz CT molecular complexity index is 300. The topological polar surface area (TPSA) is 75.9 Å². The third-order valence-corrected chi connectivity index (χ3v) is 1.64. The average molecular weight is 150 g/mol. The number of nitrogens with zero attached hydrogens (tertiary/aromatic N) is 3. The minimum atomic E-state index is 0.322. The van der Waals surface area contributed by atoms with Gasteiger partial charge in [0.25, 0.3) is 0 Å². The highest BCUT2D eigenvalue weighted by Gasteiger charge is 2.21. The van der Waals surface area contributed by atoms with Crippen LogP contribution in [0.2, 0.25) is 0 Å². The lowest BCUT2D eigenvalue weighted by molar-refractivity contribution is -0.0981. The first-order valence-corrected chi connectivity index (χ1v) is 3.21. The highest BCUT2D eigenvalue weighted by Crippen LogP contribution is 2.17. The molecule has 0 atom stereocenters. The number of H-pyrrole nitrogens is 1. The second-order valence-electron chi connectivity index (χ2n) is 2.45. The van der Waals surface area contributed by atoms with Gasteiger partial charge in [0.05, 0.1) is 24.5 Å². The molecule has 2 heterocycles. The van der Waals surface area contributed by atoms with Crippen molar-refractivity contribution in [3.05, 3.63) is 17.2 Å². The predicted octanol–water partition coefficient (Wildman–Crippen LogP) is -0.0138. The molecule has 0 spiro atoms. The van der Waals surface area contributed by atoms with Gasteiger partial charge in [-0.25, -0.2) is 4.98 Å². The van der Waals surface area contributed by atoms with Crippen molar-refractivity contribution in [3.63, 3.8) is 0 Å². The molecule has 5 heteroatoms. The number of hydrogen-bond donors (Lipinski definition) is 2. The lowest BCUT2D eigenvalue weighted by atomic mass is 10.4. The first kappa shape index (κ1) is 6.34. The Kier molecular flexibility index (Phi) is 1.18. The Balaban J connectivity index is 2.39. The van der Waals surface area contributed by atoms with Crippen LogP contribution in [0.1, 0.15) is 17.2 Å². The maximum atomic E-state index is 8.99. The average Bonchev–Trinajstić information content (AvgIpc) is 2.43. The second kappa shape index (κ2) is 2.05. The summed E-state index contributed by atoms with van der Waals surface area (Å²) < 4.78 is 0. The van der Waals surface area contributed by atoms with Crippen LogP contribution in [-0.4, -0.2) is 20.2 Å². The van der Waals surface area contributed by atoms with Crippen molar-refractivity contribution in [2.45, 2.75) is 13.1 Å². The van der Waals surface area contributed by atoms with Gasteiger partial charge in [-0.3, -0.25) is 0 Å². The van der Waals surface area contributed by atoms with Crippen LogP contribution in [-0.2, 0) is 13.1 Å². The van der Waals surface area contributed by atoms with E-state index in [-0.39, 0.29) is 0 Å². The van der Waals surface area contributed by atoms with Crippen molar-refractivity contribution in [3.8, 4) is 6.07 Å². The smallest absolute Gasteiger partial charge is 0.210 e. The molecule has 0 aromatic carbocycles. The maximum absolute atomic E-state index is 8.99. The van der Waals surface area contributed by atoms with Gasteiger partial charge in [-0.2, -0.15) is 10.3 Å². The van der Waals surface area contributed by atoms with E-state index >= 15 is 0 Å². The molecule has 1 aliphatic rings. The molecular weight excluding hydrogens is 144 g/mol. The van der Waals surface area contributed by atoms with Gasteiger partial charge in [-0.15, -0.1) is 0 Å². The van der Waals surface area contributed by atoms with Gasteiger partial charge in [-0.05, 0) is 0 Å². The molecule has 0 bridgehead atoms. The van der Waals surface area contributed by atoms with Crippen molar-refractivity contribution in [2.75, 3.05) is 0 Å². The third kappa shape index (κ3) is 0.888. The molecule has 0 unspecified atom stereocenters. The summed E-state index contributed by atoms with van der Waals surface area (Å²) in [5.74, 6) is 0.322. The molecule has 56 valence electrons. The lowest BCUT2D eigenvalue weighted by Gasteiger charge is -2.01. The number of fused-ring (bicyclic) bond motifs is 1.